The SMILES string of the molecule is Cc1ccc2nc(N3C(=O)C(=O)/C(=C(/O)c4ccccc4)C3c3ccc(F)cc3)sc2c1. The molecule has 1 aromatic heterocycles. The molecule has 1 amide bonds. The summed E-state index contributed by atoms with van der Waals surface area (Å²) in [4.78, 5) is 32.2. The van der Waals surface area contributed by atoms with Crippen LogP contribution in [0.1, 0.15) is 22.7 Å². The van der Waals surface area contributed by atoms with E-state index in [-0.39, 0.29) is 11.3 Å². The lowest BCUT2D eigenvalue weighted by atomic mass is 9.95. The molecule has 5 rings (SSSR count). The zero-order valence-electron chi connectivity index (χ0n) is 16.9. The van der Waals surface area contributed by atoms with Crippen LogP contribution in [0.3, 0.4) is 0 Å². The maximum Gasteiger partial charge on any atom is 0.301 e. The van der Waals surface area contributed by atoms with Crippen molar-refractivity contribution in [3.05, 3.63) is 101 Å². The van der Waals surface area contributed by atoms with Gasteiger partial charge in [0, 0.05) is 5.56 Å². The Morgan fingerprint density at radius 2 is 1.75 bits per heavy atom. The summed E-state index contributed by atoms with van der Waals surface area (Å²) < 4.78 is 14.5. The van der Waals surface area contributed by atoms with Gasteiger partial charge in [-0.3, -0.25) is 14.5 Å². The maximum absolute atomic E-state index is 13.6. The zero-order chi connectivity index (χ0) is 22.4. The Hall–Kier alpha value is -3.84. The third kappa shape index (κ3) is 3.27. The molecule has 0 spiro atoms. The molecule has 1 N–H and O–H groups in total. The number of benzene rings is 3. The molecule has 1 unspecified atom stereocenters. The number of hydrogen-bond donors (Lipinski definition) is 1. The second kappa shape index (κ2) is 7.69. The van der Waals surface area contributed by atoms with Gasteiger partial charge in [0.05, 0.1) is 21.8 Å². The van der Waals surface area contributed by atoms with Gasteiger partial charge in [-0.05, 0) is 42.3 Å². The average Bonchev–Trinajstić information content (AvgIpc) is 3.32. The molecule has 7 heteroatoms. The molecule has 4 aromatic rings. The highest BCUT2D eigenvalue weighted by Crippen LogP contribution is 2.44. The Kier molecular flexibility index (Phi) is 4.83. The van der Waals surface area contributed by atoms with E-state index in [1.807, 2.05) is 25.1 Å². The maximum atomic E-state index is 13.6. The Balaban J connectivity index is 1.73. The first-order valence-electron chi connectivity index (χ1n) is 9.93. The van der Waals surface area contributed by atoms with Crippen molar-refractivity contribution in [3.8, 4) is 0 Å². The minimum absolute atomic E-state index is 0.0526. The van der Waals surface area contributed by atoms with Gasteiger partial charge in [-0.25, -0.2) is 9.37 Å². The van der Waals surface area contributed by atoms with Gasteiger partial charge in [0.25, 0.3) is 5.78 Å². The number of fused-ring (bicyclic) bond motifs is 1. The lowest BCUT2D eigenvalue weighted by molar-refractivity contribution is -0.132. The molecule has 0 radical (unpaired) electrons. The lowest BCUT2D eigenvalue weighted by Gasteiger charge is -2.23. The Morgan fingerprint density at radius 3 is 2.47 bits per heavy atom. The standard InChI is InChI=1S/C25H17FN2O3S/c1-14-7-12-18-19(13-14)32-25(27-18)28-21(15-8-10-17(26)11-9-15)20(23(30)24(28)31)22(29)16-5-3-2-4-6-16/h2-13,21,29H,1H3/b22-20+. The third-order valence-electron chi connectivity index (χ3n) is 5.42. The van der Waals surface area contributed by atoms with Gasteiger partial charge in [-0.2, -0.15) is 0 Å². The van der Waals surface area contributed by atoms with E-state index in [0.717, 1.165) is 10.3 Å². The first kappa shape index (κ1) is 20.1. The summed E-state index contributed by atoms with van der Waals surface area (Å²) in [5.41, 5.74) is 2.62. The van der Waals surface area contributed by atoms with Gasteiger partial charge in [-0.15, -0.1) is 0 Å². The van der Waals surface area contributed by atoms with Crippen LogP contribution in [0.15, 0.2) is 78.4 Å². The van der Waals surface area contributed by atoms with Crippen LogP contribution in [0.2, 0.25) is 0 Å². The van der Waals surface area contributed by atoms with Crippen LogP contribution in [0, 0.1) is 12.7 Å². The molecule has 0 aliphatic carbocycles. The van der Waals surface area contributed by atoms with Crippen molar-refractivity contribution in [1.82, 2.24) is 4.98 Å². The van der Waals surface area contributed by atoms with E-state index in [1.165, 1.54) is 40.5 Å². The minimum atomic E-state index is -0.933. The van der Waals surface area contributed by atoms with Crippen LogP contribution in [0.4, 0.5) is 9.52 Å². The van der Waals surface area contributed by atoms with Crippen LogP contribution in [0.25, 0.3) is 16.0 Å². The van der Waals surface area contributed by atoms with Crippen LogP contribution in [0.5, 0.6) is 0 Å². The van der Waals surface area contributed by atoms with Crippen molar-refractivity contribution in [2.75, 3.05) is 4.90 Å². The summed E-state index contributed by atoms with van der Waals surface area (Å²) in [7, 11) is 0. The number of carbonyl (C=O) groups excluding carboxylic acids is 2. The number of aliphatic hydroxyl groups is 1. The van der Waals surface area contributed by atoms with E-state index in [4.69, 9.17) is 0 Å². The summed E-state index contributed by atoms with van der Waals surface area (Å²) in [5.74, 6) is -2.31. The second-order valence-electron chi connectivity index (χ2n) is 7.55. The number of rotatable bonds is 3. The van der Waals surface area contributed by atoms with Gasteiger partial charge < -0.3 is 5.11 Å². The second-order valence-corrected chi connectivity index (χ2v) is 8.56. The molecule has 32 heavy (non-hydrogen) atoms. The quantitative estimate of drug-likeness (QED) is 0.262. The van der Waals surface area contributed by atoms with E-state index in [2.05, 4.69) is 4.98 Å². The predicted octanol–water partition coefficient (Wildman–Crippen LogP) is 5.37. The lowest BCUT2D eigenvalue weighted by Crippen LogP contribution is -2.29. The Labute approximate surface area is 187 Å². The molecule has 0 saturated carbocycles. The van der Waals surface area contributed by atoms with Crippen molar-refractivity contribution in [1.29, 1.82) is 0 Å². The number of thiazole rings is 1. The van der Waals surface area contributed by atoms with E-state index in [9.17, 15) is 19.1 Å². The topological polar surface area (TPSA) is 70.5 Å². The first-order valence-corrected chi connectivity index (χ1v) is 10.7. The summed E-state index contributed by atoms with van der Waals surface area (Å²) in [6.07, 6.45) is 0. The number of anilines is 1. The molecule has 1 aliphatic rings. The van der Waals surface area contributed by atoms with Crippen LogP contribution in [-0.4, -0.2) is 21.8 Å². The third-order valence-corrected chi connectivity index (χ3v) is 6.43. The Bertz CT molecular complexity index is 1390. The number of halogens is 1. The highest BCUT2D eigenvalue weighted by atomic mass is 32.1. The van der Waals surface area contributed by atoms with Crippen molar-refractivity contribution in [2.24, 2.45) is 0 Å². The fourth-order valence-corrected chi connectivity index (χ4v) is 4.95. The molecule has 1 atom stereocenters. The number of amides is 1. The van der Waals surface area contributed by atoms with Crippen molar-refractivity contribution in [3.63, 3.8) is 0 Å². The largest absolute Gasteiger partial charge is 0.507 e. The predicted molar refractivity (Wildman–Crippen MR) is 122 cm³/mol. The number of nitrogens with zero attached hydrogens (tertiary/aromatic N) is 2. The molecule has 1 aliphatic heterocycles. The molecule has 1 fully saturated rings. The number of aliphatic hydroxyl groups excluding tert-OH is 1. The van der Waals surface area contributed by atoms with Crippen molar-refractivity contribution in [2.45, 2.75) is 13.0 Å². The number of hydrogen-bond acceptors (Lipinski definition) is 5. The molecule has 0 bridgehead atoms. The zero-order valence-corrected chi connectivity index (χ0v) is 17.8. The molecule has 3 aromatic carbocycles. The summed E-state index contributed by atoms with van der Waals surface area (Å²) in [6.45, 7) is 1.96. The van der Waals surface area contributed by atoms with Gasteiger partial charge in [0.15, 0.2) is 5.13 Å². The summed E-state index contributed by atoms with van der Waals surface area (Å²) in [6, 6.07) is 18.9. The van der Waals surface area contributed by atoms with E-state index in [0.29, 0.717) is 21.8 Å². The number of Topliss-reactive ketones (excluding diaryl/α,β-unsaturated/α-hetero) is 1. The Morgan fingerprint density at radius 1 is 1.03 bits per heavy atom. The fraction of sp³-hybridized carbons (Fsp3) is 0.0800. The van der Waals surface area contributed by atoms with Gasteiger partial charge in [0.1, 0.15) is 11.6 Å². The number of aryl methyl sites for hydroxylation is 1. The number of carbonyl (C=O) groups is 2. The average molecular weight is 444 g/mol. The van der Waals surface area contributed by atoms with Gasteiger partial charge in [-0.1, -0.05) is 59.9 Å². The van der Waals surface area contributed by atoms with Gasteiger partial charge in [0.2, 0.25) is 0 Å². The fourth-order valence-electron chi connectivity index (χ4n) is 3.86. The highest BCUT2D eigenvalue weighted by Gasteiger charge is 2.48. The van der Waals surface area contributed by atoms with Crippen LogP contribution < -0.4 is 4.90 Å². The van der Waals surface area contributed by atoms with E-state index in [1.54, 1.807) is 30.3 Å². The number of aromatic nitrogens is 1. The molecule has 2 heterocycles. The monoisotopic (exact) mass is 444 g/mol. The van der Waals surface area contributed by atoms with E-state index >= 15 is 0 Å². The molecule has 1 saturated heterocycles. The van der Waals surface area contributed by atoms with Crippen LogP contribution in [-0.2, 0) is 9.59 Å². The molecule has 158 valence electrons. The summed E-state index contributed by atoms with van der Waals surface area (Å²) >= 11 is 1.29. The molecular weight excluding hydrogens is 427 g/mol. The highest BCUT2D eigenvalue weighted by molar-refractivity contribution is 7.22. The van der Waals surface area contributed by atoms with Crippen LogP contribution >= 0.6 is 11.3 Å². The minimum Gasteiger partial charge on any atom is -0.507 e. The molecule has 5 nitrogen and oxygen atoms in total. The first-order chi connectivity index (χ1) is 15.4. The normalized spacial score (nSPS) is 17.9. The van der Waals surface area contributed by atoms with Crippen molar-refractivity contribution >= 4 is 44.1 Å². The number of ketones is 1. The van der Waals surface area contributed by atoms with Crippen molar-refractivity contribution < 1.29 is 19.1 Å². The van der Waals surface area contributed by atoms with E-state index < -0.39 is 23.5 Å². The van der Waals surface area contributed by atoms with Gasteiger partial charge >= 0.3 is 5.91 Å². The molecular formula is C25H17FN2O3S. The smallest absolute Gasteiger partial charge is 0.301 e. The summed E-state index contributed by atoms with van der Waals surface area (Å²) in [5, 5.41) is 11.4.